The minimum absolute atomic E-state index is 0.103. The van der Waals surface area contributed by atoms with Crippen molar-refractivity contribution in [2.24, 2.45) is 0 Å². The molecule has 0 fully saturated rings. The third kappa shape index (κ3) is 5.09. The number of carboxylic acid groups (broad SMARTS) is 2. The van der Waals surface area contributed by atoms with Gasteiger partial charge < -0.3 is 34.5 Å². The predicted molar refractivity (Wildman–Crippen MR) is 114 cm³/mol. The summed E-state index contributed by atoms with van der Waals surface area (Å²) < 4.78 is 21.6. The van der Waals surface area contributed by atoms with E-state index in [-0.39, 0.29) is 36.3 Å². The molecule has 0 aliphatic carbocycles. The lowest BCUT2D eigenvalue weighted by Gasteiger charge is -2.14. The number of rotatable bonds is 9. The zero-order chi connectivity index (χ0) is 24.2. The average molecular weight is 469 g/mol. The van der Waals surface area contributed by atoms with E-state index in [1.807, 2.05) is 0 Å². The number of hydrogen-bond donors (Lipinski definition) is 3. The Morgan fingerprint density at radius 3 is 2.62 bits per heavy atom. The molecule has 34 heavy (non-hydrogen) atoms. The van der Waals surface area contributed by atoms with E-state index < -0.39 is 36.9 Å². The molecule has 2 aromatic carbocycles. The number of carbonyl (C=O) groups excluding carboxylic acids is 2. The van der Waals surface area contributed by atoms with Gasteiger partial charge in [0.25, 0.3) is 5.91 Å². The van der Waals surface area contributed by atoms with Crippen LogP contribution in [0.2, 0.25) is 0 Å². The van der Waals surface area contributed by atoms with Crippen LogP contribution in [-0.4, -0.2) is 53.3 Å². The third-order valence-electron chi connectivity index (χ3n) is 4.99. The molecule has 11 heteroatoms. The van der Waals surface area contributed by atoms with Gasteiger partial charge in [-0.15, -0.1) is 0 Å². The van der Waals surface area contributed by atoms with Crippen LogP contribution in [0, 0.1) is 0 Å². The molecule has 1 atom stereocenters. The molecule has 1 amide bonds. The van der Waals surface area contributed by atoms with Crippen LogP contribution in [0.25, 0.3) is 6.08 Å². The van der Waals surface area contributed by atoms with E-state index in [0.29, 0.717) is 22.6 Å². The average Bonchev–Trinajstić information content (AvgIpc) is 3.38. The highest BCUT2D eigenvalue weighted by Crippen LogP contribution is 2.37. The van der Waals surface area contributed by atoms with Crippen molar-refractivity contribution in [1.82, 2.24) is 5.32 Å². The first-order valence-corrected chi connectivity index (χ1v) is 10.1. The van der Waals surface area contributed by atoms with Crippen LogP contribution in [-0.2, 0) is 14.4 Å². The number of hydrogen-bond acceptors (Lipinski definition) is 8. The van der Waals surface area contributed by atoms with Crippen molar-refractivity contribution in [3.05, 3.63) is 53.3 Å². The number of carboxylic acids is 2. The Labute approximate surface area is 192 Å². The topological polar surface area (TPSA) is 158 Å². The Hall–Kier alpha value is -4.54. The maximum Gasteiger partial charge on any atom is 0.326 e. The molecule has 0 saturated heterocycles. The van der Waals surface area contributed by atoms with Crippen molar-refractivity contribution in [3.63, 3.8) is 0 Å². The van der Waals surface area contributed by atoms with Crippen LogP contribution in [0.5, 0.6) is 23.0 Å². The van der Waals surface area contributed by atoms with Crippen LogP contribution in [0.3, 0.4) is 0 Å². The van der Waals surface area contributed by atoms with Gasteiger partial charge in [0.15, 0.2) is 23.9 Å². The quantitative estimate of drug-likeness (QED) is 0.463. The Morgan fingerprint density at radius 2 is 1.85 bits per heavy atom. The van der Waals surface area contributed by atoms with Gasteiger partial charge in [-0.25, -0.2) is 4.79 Å². The normalized spacial score (nSPS) is 15.4. The Bertz CT molecular complexity index is 1200. The van der Waals surface area contributed by atoms with Crippen LogP contribution >= 0.6 is 0 Å². The molecule has 2 aromatic rings. The predicted octanol–water partition coefficient (Wildman–Crippen LogP) is 1.84. The molecule has 1 unspecified atom stereocenters. The van der Waals surface area contributed by atoms with Crippen molar-refractivity contribution in [2.75, 3.05) is 13.4 Å². The summed E-state index contributed by atoms with van der Waals surface area (Å²) in [6.07, 6.45) is 0.904. The number of amides is 1. The lowest BCUT2D eigenvalue weighted by Crippen LogP contribution is -2.43. The highest BCUT2D eigenvalue weighted by molar-refractivity contribution is 6.14. The first-order valence-electron chi connectivity index (χ1n) is 10.1. The molecule has 0 aromatic heterocycles. The van der Waals surface area contributed by atoms with Crippen LogP contribution < -0.4 is 24.3 Å². The highest BCUT2D eigenvalue weighted by Gasteiger charge is 2.28. The van der Waals surface area contributed by atoms with Gasteiger partial charge >= 0.3 is 11.9 Å². The van der Waals surface area contributed by atoms with Crippen molar-refractivity contribution in [1.29, 1.82) is 0 Å². The van der Waals surface area contributed by atoms with Gasteiger partial charge in [-0.2, -0.15) is 0 Å². The number of benzene rings is 2. The fraction of sp³-hybridized carbons (Fsp3) is 0.217. The van der Waals surface area contributed by atoms with Crippen molar-refractivity contribution < 1.29 is 48.3 Å². The molecule has 0 radical (unpaired) electrons. The third-order valence-corrected chi connectivity index (χ3v) is 4.99. The van der Waals surface area contributed by atoms with Crippen LogP contribution in [0.4, 0.5) is 0 Å². The highest BCUT2D eigenvalue weighted by atomic mass is 16.7. The second-order valence-corrected chi connectivity index (χ2v) is 7.39. The maximum atomic E-state index is 12.7. The molecule has 0 saturated carbocycles. The number of aliphatic carboxylic acids is 2. The number of carbonyl (C=O) groups is 4. The molecule has 11 nitrogen and oxygen atoms in total. The van der Waals surface area contributed by atoms with Crippen LogP contribution in [0.1, 0.15) is 28.8 Å². The smallest absolute Gasteiger partial charge is 0.326 e. The maximum absolute atomic E-state index is 12.7. The molecular formula is C23H19NO10. The monoisotopic (exact) mass is 469 g/mol. The molecule has 2 heterocycles. The van der Waals surface area contributed by atoms with Gasteiger partial charge in [0, 0.05) is 12.5 Å². The van der Waals surface area contributed by atoms with E-state index in [2.05, 4.69) is 5.32 Å². The minimum atomic E-state index is -1.35. The number of Topliss-reactive ketones (excluding diaryl/α,β-unsaturated/α-hetero) is 1. The Balaban J connectivity index is 1.38. The number of fused-ring (bicyclic) bond motifs is 2. The van der Waals surface area contributed by atoms with Gasteiger partial charge in [-0.3, -0.25) is 14.4 Å². The second-order valence-electron chi connectivity index (χ2n) is 7.39. The van der Waals surface area contributed by atoms with E-state index in [1.54, 1.807) is 24.3 Å². The van der Waals surface area contributed by atoms with E-state index in [1.165, 1.54) is 18.2 Å². The fourth-order valence-electron chi connectivity index (χ4n) is 3.32. The lowest BCUT2D eigenvalue weighted by atomic mass is 10.1. The molecule has 0 spiro atoms. The molecule has 3 N–H and O–H groups in total. The van der Waals surface area contributed by atoms with Crippen molar-refractivity contribution in [3.8, 4) is 23.0 Å². The number of ether oxygens (including phenoxy) is 4. The summed E-state index contributed by atoms with van der Waals surface area (Å²) in [6.45, 7) is -0.375. The molecule has 4 rings (SSSR count). The largest absolute Gasteiger partial charge is 0.484 e. The first kappa shape index (κ1) is 22.6. The minimum Gasteiger partial charge on any atom is -0.484 e. The standard InChI is InChI=1S/C23H19NO10/c25-20(24-15(23(29)30)4-6-21(26)27)10-31-13-2-3-14-17(9-13)34-19(22(14)28)8-12-1-5-16-18(7-12)33-11-32-16/h1-3,5,7-9,15H,4,6,10-11H2,(H,24,25)(H,26,27)(H,29,30). The van der Waals surface area contributed by atoms with Crippen molar-refractivity contribution in [2.45, 2.75) is 18.9 Å². The zero-order valence-electron chi connectivity index (χ0n) is 17.6. The summed E-state index contributed by atoms with van der Waals surface area (Å²) in [5, 5.41) is 20.0. The van der Waals surface area contributed by atoms with E-state index >= 15 is 0 Å². The van der Waals surface area contributed by atoms with E-state index in [9.17, 15) is 19.2 Å². The molecule has 0 bridgehead atoms. The number of ketones is 1. The Kier molecular flexibility index (Phi) is 6.35. The van der Waals surface area contributed by atoms with E-state index in [4.69, 9.17) is 29.2 Å². The molecular weight excluding hydrogens is 450 g/mol. The number of nitrogens with one attached hydrogen (secondary N) is 1. The SMILES string of the molecule is O=C(O)CCC(NC(=O)COc1ccc2c(c1)OC(=Cc1ccc3c(c1)OCO3)C2=O)C(=O)O. The number of allylic oxidation sites excluding steroid dienone is 1. The van der Waals surface area contributed by atoms with Gasteiger partial charge in [0.05, 0.1) is 5.56 Å². The summed E-state index contributed by atoms with van der Waals surface area (Å²) in [7, 11) is 0. The fourth-order valence-corrected chi connectivity index (χ4v) is 3.32. The summed E-state index contributed by atoms with van der Waals surface area (Å²) in [5.41, 5.74) is 1.01. The lowest BCUT2D eigenvalue weighted by molar-refractivity contribution is -0.143. The second kappa shape index (κ2) is 9.53. The first-order chi connectivity index (χ1) is 16.3. The Morgan fingerprint density at radius 1 is 1.06 bits per heavy atom. The summed E-state index contributed by atoms with van der Waals surface area (Å²) in [4.78, 5) is 46.5. The van der Waals surface area contributed by atoms with Gasteiger partial charge in [-0.1, -0.05) is 6.07 Å². The van der Waals surface area contributed by atoms with E-state index in [0.717, 1.165) is 0 Å². The van der Waals surface area contributed by atoms with Gasteiger partial charge in [-0.05, 0) is 42.3 Å². The van der Waals surface area contributed by atoms with Gasteiger partial charge in [0.2, 0.25) is 12.6 Å². The summed E-state index contributed by atoms with van der Waals surface area (Å²) in [5.74, 6) is -1.81. The van der Waals surface area contributed by atoms with Crippen LogP contribution in [0.15, 0.2) is 42.2 Å². The zero-order valence-corrected chi connectivity index (χ0v) is 17.6. The van der Waals surface area contributed by atoms with Gasteiger partial charge in [0.1, 0.15) is 17.5 Å². The molecule has 2 aliphatic rings. The summed E-state index contributed by atoms with van der Waals surface area (Å²) >= 11 is 0. The molecule has 176 valence electrons. The molecule has 2 aliphatic heterocycles. The van der Waals surface area contributed by atoms with Crippen molar-refractivity contribution >= 4 is 29.7 Å². The summed E-state index contributed by atoms with van der Waals surface area (Å²) in [6, 6.07) is 8.29.